The van der Waals surface area contributed by atoms with Gasteiger partial charge in [-0.1, -0.05) is 23.7 Å². The van der Waals surface area contributed by atoms with E-state index in [9.17, 15) is 9.59 Å². The van der Waals surface area contributed by atoms with E-state index in [0.29, 0.717) is 43.4 Å². The highest BCUT2D eigenvalue weighted by atomic mass is 35.5. The van der Waals surface area contributed by atoms with Gasteiger partial charge in [-0.2, -0.15) is 0 Å². The first-order valence-corrected chi connectivity index (χ1v) is 8.89. The molecule has 2 aromatic carbocycles. The third-order valence-electron chi connectivity index (χ3n) is 4.31. The van der Waals surface area contributed by atoms with Crippen molar-refractivity contribution < 1.29 is 19.5 Å². The summed E-state index contributed by atoms with van der Waals surface area (Å²) >= 11 is 5.98. The topological polar surface area (TPSA) is 82.1 Å². The zero-order valence-corrected chi connectivity index (χ0v) is 15.4. The van der Waals surface area contributed by atoms with Crippen LogP contribution in [0.2, 0.25) is 5.02 Å². The summed E-state index contributed by atoms with van der Waals surface area (Å²) in [5.74, 6) is -0.583. The van der Waals surface area contributed by atoms with Crippen molar-refractivity contribution in [1.29, 1.82) is 0 Å². The number of nitrogens with zero attached hydrogens (tertiary/aromatic N) is 2. The van der Waals surface area contributed by atoms with Crippen LogP contribution in [-0.2, 0) is 11.3 Å². The number of hydroxylamine groups is 1. The Morgan fingerprint density at radius 2 is 1.70 bits per heavy atom. The molecule has 27 heavy (non-hydrogen) atoms. The second-order valence-electron chi connectivity index (χ2n) is 6.08. The van der Waals surface area contributed by atoms with Gasteiger partial charge in [0.15, 0.2) is 0 Å². The largest absolute Gasteiger partial charge is 0.378 e. The molecule has 8 heteroatoms. The quantitative estimate of drug-likeness (QED) is 0.622. The van der Waals surface area contributed by atoms with E-state index in [1.165, 1.54) is 0 Å². The van der Waals surface area contributed by atoms with E-state index in [1.54, 1.807) is 63.8 Å². The predicted molar refractivity (Wildman–Crippen MR) is 101 cm³/mol. The Labute approximate surface area is 162 Å². The number of anilines is 1. The van der Waals surface area contributed by atoms with E-state index >= 15 is 0 Å². The van der Waals surface area contributed by atoms with Crippen molar-refractivity contribution in [3.8, 4) is 0 Å². The van der Waals surface area contributed by atoms with Crippen molar-refractivity contribution in [3.63, 3.8) is 0 Å². The van der Waals surface area contributed by atoms with Gasteiger partial charge in [-0.05, 0) is 42.0 Å². The Kier molecular flexibility index (Phi) is 6.28. The summed E-state index contributed by atoms with van der Waals surface area (Å²) in [5.41, 5.74) is 3.51. The molecular weight excluding hydrogens is 370 g/mol. The second kappa shape index (κ2) is 8.85. The summed E-state index contributed by atoms with van der Waals surface area (Å²) < 4.78 is 5.33. The minimum atomic E-state index is -0.583. The summed E-state index contributed by atoms with van der Waals surface area (Å²) in [7, 11) is 0. The standard InChI is InChI=1S/C19H20ClN3O4/c20-16-5-7-17(8-6-16)23(19(25)22-9-11-27-12-10-22)13-14-1-3-15(4-2-14)18(24)21-26/h1-8,26H,9-13H2,(H,21,24). The molecule has 0 unspecified atom stereocenters. The van der Waals surface area contributed by atoms with Crippen LogP contribution in [0.3, 0.4) is 0 Å². The molecule has 3 rings (SSSR count). The molecule has 0 bridgehead atoms. The lowest BCUT2D eigenvalue weighted by Crippen LogP contribution is -2.48. The highest BCUT2D eigenvalue weighted by Crippen LogP contribution is 2.22. The molecule has 1 fully saturated rings. The molecule has 2 N–H and O–H groups in total. The third kappa shape index (κ3) is 4.77. The van der Waals surface area contributed by atoms with Crippen LogP contribution in [0.25, 0.3) is 0 Å². The summed E-state index contributed by atoms with van der Waals surface area (Å²) in [6.07, 6.45) is 0. The van der Waals surface area contributed by atoms with Gasteiger partial charge in [0.2, 0.25) is 0 Å². The fourth-order valence-corrected chi connectivity index (χ4v) is 2.95. The van der Waals surface area contributed by atoms with Crippen molar-refractivity contribution in [1.82, 2.24) is 10.4 Å². The number of rotatable bonds is 4. The normalized spacial score (nSPS) is 13.9. The Bertz CT molecular complexity index is 790. The van der Waals surface area contributed by atoms with E-state index < -0.39 is 5.91 Å². The van der Waals surface area contributed by atoms with Crippen LogP contribution in [0.5, 0.6) is 0 Å². The average Bonchev–Trinajstić information content (AvgIpc) is 2.73. The number of morpholine rings is 1. The fourth-order valence-electron chi connectivity index (χ4n) is 2.82. The first-order valence-electron chi connectivity index (χ1n) is 8.51. The maximum Gasteiger partial charge on any atom is 0.324 e. The number of nitrogens with one attached hydrogen (secondary N) is 1. The molecule has 0 aromatic heterocycles. The summed E-state index contributed by atoms with van der Waals surface area (Å²) in [4.78, 5) is 28.0. The van der Waals surface area contributed by atoms with Gasteiger partial charge in [0.25, 0.3) is 5.91 Å². The number of hydrogen-bond acceptors (Lipinski definition) is 4. The number of benzene rings is 2. The smallest absolute Gasteiger partial charge is 0.324 e. The van der Waals surface area contributed by atoms with Gasteiger partial charge in [0.05, 0.1) is 19.8 Å². The molecule has 1 heterocycles. The van der Waals surface area contributed by atoms with E-state index in [2.05, 4.69) is 0 Å². The molecule has 1 aliphatic rings. The molecule has 0 saturated carbocycles. The van der Waals surface area contributed by atoms with Crippen LogP contribution in [0.1, 0.15) is 15.9 Å². The first kappa shape index (κ1) is 19.2. The van der Waals surface area contributed by atoms with Crippen LogP contribution >= 0.6 is 11.6 Å². The van der Waals surface area contributed by atoms with E-state index in [0.717, 1.165) is 11.3 Å². The molecule has 7 nitrogen and oxygen atoms in total. The minimum absolute atomic E-state index is 0.113. The SMILES string of the molecule is O=C(NO)c1ccc(CN(C(=O)N2CCOCC2)c2ccc(Cl)cc2)cc1. The van der Waals surface area contributed by atoms with Gasteiger partial charge in [0.1, 0.15) is 0 Å². The highest BCUT2D eigenvalue weighted by Gasteiger charge is 2.24. The lowest BCUT2D eigenvalue weighted by Gasteiger charge is -2.33. The summed E-state index contributed by atoms with van der Waals surface area (Å²) in [6.45, 7) is 2.45. The Balaban J connectivity index is 1.83. The van der Waals surface area contributed by atoms with Crippen LogP contribution in [0.4, 0.5) is 10.5 Å². The van der Waals surface area contributed by atoms with Crippen molar-refractivity contribution >= 4 is 29.2 Å². The zero-order valence-electron chi connectivity index (χ0n) is 14.6. The molecule has 0 atom stereocenters. The van der Waals surface area contributed by atoms with Gasteiger partial charge in [0, 0.05) is 29.4 Å². The van der Waals surface area contributed by atoms with E-state index in [1.807, 2.05) is 0 Å². The highest BCUT2D eigenvalue weighted by molar-refractivity contribution is 6.30. The van der Waals surface area contributed by atoms with Crippen molar-refractivity contribution in [2.45, 2.75) is 6.54 Å². The number of ether oxygens (including phenoxy) is 1. The Hall–Kier alpha value is -2.61. The lowest BCUT2D eigenvalue weighted by molar-refractivity contribution is 0.0548. The minimum Gasteiger partial charge on any atom is -0.378 e. The van der Waals surface area contributed by atoms with Crippen molar-refractivity contribution in [3.05, 3.63) is 64.7 Å². The number of halogens is 1. The van der Waals surface area contributed by atoms with Crippen molar-refractivity contribution in [2.24, 2.45) is 0 Å². The lowest BCUT2D eigenvalue weighted by atomic mass is 10.1. The molecule has 3 amide bonds. The number of urea groups is 1. The number of amides is 3. The first-order chi connectivity index (χ1) is 13.1. The maximum atomic E-state index is 13.1. The maximum absolute atomic E-state index is 13.1. The van der Waals surface area contributed by atoms with Crippen LogP contribution < -0.4 is 10.4 Å². The number of carbonyl (C=O) groups excluding carboxylic acids is 2. The molecule has 2 aromatic rings. The summed E-state index contributed by atoms with van der Waals surface area (Å²) in [5, 5.41) is 9.31. The fraction of sp³-hybridized carbons (Fsp3) is 0.263. The van der Waals surface area contributed by atoms with Crippen LogP contribution in [0, 0.1) is 0 Å². The Morgan fingerprint density at radius 3 is 2.30 bits per heavy atom. The third-order valence-corrected chi connectivity index (χ3v) is 4.56. The average molecular weight is 390 g/mol. The monoisotopic (exact) mass is 389 g/mol. The van der Waals surface area contributed by atoms with Crippen LogP contribution in [-0.4, -0.2) is 48.3 Å². The molecular formula is C19H20ClN3O4. The molecule has 1 aliphatic heterocycles. The van der Waals surface area contributed by atoms with E-state index in [4.69, 9.17) is 21.5 Å². The van der Waals surface area contributed by atoms with Gasteiger partial charge in [-0.15, -0.1) is 0 Å². The van der Waals surface area contributed by atoms with E-state index in [-0.39, 0.29) is 6.03 Å². The number of hydrogen-bond donors (Lipinski definition) is 2. The molecule has 0 spiro atoms. The predicted octanol–water partition coefficient (Wildman–Crippen LogP) is 2.92. The Morgan fingerprint density at radius 1 is 1.07 bits per heavy atom. The molecule has 0 aliphatic carbocycles. The van der Waals surface area contributed by atoms with Gasteiger partial charge in [-0.3, -0.25) is 14.9 Å². The van der Waals surface area contributed by atoms with Crippen LogP contribution in [0.15, 0.2) is 48.5 Å². The molecule has 1 saturated heterocycles. The van der Waals surface area contributed by atoms with Gasteiger partial charge < -0.3 is 9.64 Å². The molecule has 142 valence electrons. The molecule has 0 radical (unpaired) electrons. The summed E-state index contributed by atoms with van der Waals surface area (Å²) in [6, 6.07) is 13.7. The zero-order chi connectivity index (χ0) is 19.2. The van der Waals surface area contributed by atoms with Crippen molar-refractivity contribution in [2.75, 3.05) is 31.2 Å². The number of carbonyl (C=O) groups is 2. The second-order valence-corrected chi connectivity index (χ2v) is 6.52. The van der Waals surface area contributed by atoms with Gasteiger partial charge in [-0.25, -0.2) is 10.3 Å². The van der Waals surface area contributed by atoms with Gasteiger partial charge >= 0.3 is 6.03 Å².